The maximum absolute atomic E-state index is 14.2. The number of hydrogen-bond acceptors (Lipinski definition) is 13. The van der Waals surface area contributed by atoms with Gasteiger partial charge in [0.2, 0.25) is 5.96 Å². The molecule has 58 heavy (non-hydrogen) atoms. The summed E-state index contributed by atoms with van der Waals surface area (Å²) in [6, 6.07) is 11.0. The van der Waals surface area contributed by atoms with Gasteiger partial charge in [-0.25, -0.2) is 29.1 Å². The van der Waals surface area contributed by atoms with E-state index >= 15 is 0 Å². The first-order valence-electron chi connectivity index (χ1n) is 18.5. The molecule has 16 nitrogen and oxygen atoms in total. The van der Waals surface area contributed by atoms with E-state index in [1.54, 1.807) is 107 Å². The minimum absolute atomic E-state index is 0.0290. The average Bonchev–Trinajstić information content (AvgIpc) is 3.02. The number of carbonyl (C=O) groups is 4. The Labute approximate surface area is 341 Å². The van der Waals surface area contributed by atoms with Crippen LogP contribution in [0.5, 0.6) is 11.5 Å². The molecule has 0 unspecified atom stereocenters. The fourth-order valence-electron chi connectivity index (χ4n) is 5.03. The molecule has 0 heterocycles. The van der Waals surface area contributed by atoms with Crippen LogP contribution < -0.4 is 19.6 Å². The van der Waals surface area contributed by atoms with Gasteiger partial charge in [-0.1, -0.05) is 28.2 Å². The van der Waals surface area contributed by atoms with Crippen LogP contribution in [-0.2, 0) is 47.2 Å². The predicted molar refractivity (Wildman–Crippen MR) is 214 cm³/mol. The Morgan fingerprint density at radius 2 is 1.19 bits per heavy atom. The third-order valence-electron chi connectivity index (χ3n) is 7.09. The zero-order valence-electron chi connectivity index (χ0n) is 35.7. The van der Waals surface area contributed by atoms with Gasteiger partial charge in [0.05, 0.1) is 13.7 Å². The van der Waals surface area contributed by atoms with E-state index in [-0.39, 0.29) is 37.6 Å². The van der Waals surface area contributed by atoms with Crippen molar-refractivity contribution in [1.29, 1.82) is 0 Å². The SMILES string of the molecule is COc1ccc(CN=C(NC(=O)OC(C)(C)C)N(C[C@@H](Cc2ccc(OS(=O)(=O)F)cc2)C[C@H](NC(=O)OC(C)(C)C)C(=O)OC(C)(C)C)C(=O)OC(C)(C)C)cc1. The molecule has 324 valence electrons. The van der Waals surface area contributed by atoms with Crippen LogP contribution in [0.1, 0.15) is 101 Å². The van der Waals surface area contributed by atoms with Crippen LogP contribution in [0, 0.1) is 5.92 Å². The van der Waals surface area contributed by atoms with Crippen LogP contribution in [0.4, 0.5) is 18.3 Å². The molecule has 2 aromatic rings. The van der Waals surface area contributed by atoms with Crippen molar-refractivity contribution in [3.63, 3.8) is 0 Å². The predicted octanol–water partition coefficient (Wildman–Crippen LogP) is 7.39. The van der Waals surface area contributed by atoms with Gasteiger partial charge in [0.25, 0.3) is 0 Å². The normalized spacial score (nSPS) is 13.7. The molecule has 3 amide bonds. The van der Waals surface area contributed by atoms with Crippen LogP contribution in [0.15, 0.2) is 53.5 Å². The van der Waals surface area contributed by atoms with Crippen LogP contribution >= 0.6 is 0 Å². The minimum atomic E-state index is -5.30. The smallest absolute Gasteiger partial charge is 0.488 e. The van der Waals surface area contributed by atoms with Gasteiger partial charge < -0.3 is 33.2 Å². The van der Waals surface area contributed by atoms with E-state index in [2.05, 4.69) is 19.8 Å². The first-order chi connectivity index (χ1) is 26.4. The second-order valence-electron chi connectivity index (χ2n) is 17.4. The number of nitrogens with zero attached hydrogens (tertiary/aromatic N) is 2. The molecule has 0 aliphatic rings. The summed E-state index contributed by atoms with van der Waals surface area (Å²) in [5.74, 6) is -1.54. The molecule has 0 aromatic heterocycles. The Morgan fingerprint density at radius 3 is 1.67 bits per heavy atom. The number of rotatable bonds is 13. The molecule has 2 N–H and O–H groups in total. The van der Waals surface area contributed by atoms with E-state index in [1.807, 2.05) is 0 Å². The number of aliphatic imine (C=N–C) groups is 1. The van der Waals surface area contributed by atoms with E-state index in [4.69, 9.17) is 23.7 Å². The number of alkyl carbamates (subject to hydrolysis) is 2. The Hall–Kier alpha value is -5.13. The summed E-state index contributed by atoms with van der Waals surface area (Å²) < 4.78 is 67.6. The van der Waals surface area contributed by atoms with E-state index in [9.17, 15) is 31.5 Å². The summed E-state index contributed by atoms with van der Waals surface area (Å²) in [6.45, 7) is 19.6. The molecule has 2 rings (SSSR count). The Balaban J connectivity index is 2.80. The van der Waals surface area contributed by atoms with E-state index in [0.717, 1.165) is 4.90 Å². The fraction of sp³-hybridized carbons (Fsp3) is 0.575. The van der Waals surface area contributed by atoms with Crippen molar-refractivity contribution >= 4 is 40.7 Å². The average molecular weight is 839 g/mol. The van der Waals surface area contributed by atoms with Gasteiger partial charge >= 0.3 is 34.8 Å². The van der Waals surface area contributed by atoms with Gasteiger partial charge in [0.15, 0.2) is 0 Å². The molecule has 0 aliphatic heterocycles. The lowest BCUT2D eigenvalue weighted by Crippen LogP contribution is -2.53. The minimum Gasteiger partial charge on any atom is -0.497 e. The molecule has 0 fully saturated rings. The van der Waals surface area contributed by atoms with Gasteiger partial charge in [0.1, 0.15) is 39.9 Å². The van der Waals surface area contributed by atoms with Crippen molar-refractivity contribution in [3.05, 3.63) is 59.7 Å². The lowest BCUT2D eigenvalue weighted by Gasteiger charge is -2.33. The molecule has 0 aliphatic carbocycles. The third-order valence-corrected chi connectivity index (χ3v) is 7.48. The summed E-state index contributed by atoms with van der Waals surface area (Å²) in [5, 5.41) is 5.20. The molecule has 2 atom stereocenters. The van der Waals surface area contributed by atoms with Crippen molar-refractivity contribution < 1.29 is 59.3 Å². The maximum atomic E-state index is 14.2. The number of benzene rings is 2. The number of halogens is 1. The molecule has 18 heteroatoms. The summed E-state index contributed by atoms with van der Waals surface area (Å²) in [5.41, 5.74) is -2.63. The second kappa shape index (κ2) is 20.0. The Bertz CT molecular complexity index is 1840. The van der Waals surface area contributed by atoms with Crippen LogP contribution in [0.3, 0.4) is 0 Å². The molecular weight excluding hydrogens is 780 g/mol. The Morgan fingerprint density at radius 1 is 0.707 bits per heavy atom. The first kappa shape index (κ1) is 49.0. The number of methoxy groups -OCH3 is 1. The molecule has 0 spiro atoms. The zero-order valence-corrected chi connectivity index (χ0v) is 36.5. The molecular formula is C40H59FN4O12S. The summed E-state index contributed by atoms with van der Waals surface area (Å²) in [4.78, 5) is 60.1. The fourth-order valence-corrected chi connectivity index (χ4v) is 5.37. The topological polar surface area (TPSA) is 197 Å². The third kappa shape index (κ3) is 20.3. The number of hydrogen-bond donors (Lipinski definition) is 2. The molecule has 0 radical (unpaired) electrons. The number of ether oxygens (including phenoxy) is 5. The largest absolute Gasteiger partial charge is 0.497 e. The number of amides is 3. The van der Waals surface area contributed by atoms with Gasteiger partial charge in [-0.3, -0.25) is 5.32 Å². The molecule has 0 saturated heterocycles. The maximum Gasteiger partial charge on any atom is 0.488 e. The number of nitrogens with one attached hydrogen (secondary N) is 2. The highest BCUT2D eigenvalue weighted by atomic mass is 32.3. The lowest BCUT2D eigenvalue weighted by atomic mass is 9.91. The van der Waals surface area contributed by atoms with Crippen molar-refractivity contribution in [2.75, 3.05) is 13.7 Å². The van der Waals surface area contributed by atoms with Gasteiger partial charge in [-0.15, -0.1) is 0 Å². The first-order valence-corrected chi connectivity index (χ1v) is 19.8. The van der Waals surface area contributed by atoms with Crippen LogP contribution in [0.25, 0.3) is 0 Å². The summed E-state index contributed by atoms with van der Waals surface area (Å²) >= 11 is 0. The molecule has 2 aromatic carbocycles. The van der Waals surface area contributed by atoms with Gasteiger partial charge in [-0.05, 0) is 137 Å². The number of guanidine groups is 1. The highest BCUT2D eigenvalue weighted by Gasteiger charge is 2.35. The van der Waals surface area contributed by atoms with Crippen molar-refractivity contribution in [2.45, 2.75) is 131 Å². The van der Waals surface area contributed by atoms with E-state index in [0.29, 0.717) is 16.9 Å². The van der Waals surface area contributed by atoms with E-state index < -0.39 is 69.1 Å². The quantitative estimate of drug-likeness (QED) is 0.0668. The summed E-state index contributed by atoms with van der Waals surface area (Å²) in [6.07, 6.45) is -2.89. The Kier molecular flexibility index (Phi) is 16.9. The summed E-state index contributed by atoms with van der Waals surface area (Å²) in [7, 11) is -3.78. The van der Waals surface area contributed by atoms with Gasteiger partial charge in [0, 0.05) is 6.54 Å². The highest BCUT2D eigenvalue weighted by molar-refractivity contribution is 7.81. The van der Waals surface area contributed by atoms with Crippen molar-refractivity contribution in [3.8, 4) is 11.5 Å². The highest BCUT2D eigenvalue weighted by Crippen LogP contribution is 2.24. The zero-order chi connectivity index (χ0) is 44.3. The molecule has 0 saturated carbocycles. The van der Waals surface area contributed by atoms with Crippen molar-refractivity contribution in [1.82, 2.24) is 15.5 Å². The lowest BCUT2D eigenvalue weighted by molar-refractivity contribution is -0.158. The second-order valence-corrected chi connectivity index (χ2v) is 18.3. The van der Waals surface area contributed by atoms with Crippen LogP contribution in [0.2, 0.25) is 0 Å². The number of carbonyl (C=O) groups excluding carboxylic acids is 4. The van der Waals surface area contributed by atoms with E-state index in [1.165, 1.54) is 31.4 Å². The molecule has 0 bridgehead atoms. The monoisotopic (exact) mass is 838 g/mol. The standard InChI is InChI=1S/C40H59FN4O12S/c1-37(2,3)53-32(46)31(43-34(47)54-38(4,5)6)23-28(22-26-14-20-30(21-15-26)57-58(41,50)51)25-45(36(49)56-40(10,11)12)33(44-35(48)55-39(7,8)9)42-24-27-16-18-29(52-13)19-17-27/h14-21,28,31H,22-25H2,1-13H3,(H,43,47)(H,42,44,48)/t28-,31-/m0/s1. The van der Waals surface area contributed by atoms with Crippen molar-refractivity contribution in [2.24, 2.45) is 10.9 Å². The van der Waals surface area contributed by atoms with Crippen LogP contribution in [-0.4, -0.2) is 85.6 Å². The van der Waals surface area contributed by atoms with Gasteiger partial charge in [-0.2, -0.15) is 8.42 Å². The number of esters is 1.